The number of aryl methyl sites for hydroxylation is 2. The minimum absolute atomic E-state index is 0.0554. The molecule has 2 nitrogen and oxygen atoms in total. The lowest BCUT2D eigenvalue weighted by Crippen LogP contribution is -2.09. The number of rotatable bonds is 3. The molecule has 0 saturated carbocycles. The summed E-state index contributed by atoms with van der Waals surface area (Å²) in [6, 6.07) is 3.97. The fourth-order valence-electron chi connectivity index (χ4n) is 1.59. The highest BCUT2D eigenvalue weighted by Crippen LogP contribution is 2.29. The zero-order chi connectivity index (χ0) is 10.7. The maximum absolute atomic E-state index is 9.84. The standard InChI is InChI=1S/C12H19NO/c1-4-9-6-8(3)12(14)10(7-9)11(13)5-2/h6-7,11,14H,4-5,13H2,1-3H3/t11-/m1/s1. The molecule has 3 N–H and O–H groups in total. The first-order valence-corrected chi connectivity index (χ1v) is 5.18. The molecule has 0 unspecified atom stereocenters. The van der Waals surface area contributed by atoms with Crippen molar-refractivity contribution in [2.75, 3.05) is 0 Å². The molecule has 0 bridgehead atoms. The summed E-state index contributed by atoms with van der Waals surface area (Å²) in [6.07, 6.45) is 1.82. The van der Waals surface area contributed by atoms with E-state index in [9.17, 15) is 5.11 Å². The minimum Gasteiger partial charge on any atom is -0.507 e. The first-order valence-electron chi connectivity index (χ1n) is 5.18. The molecule has 0 aromatic heterocycles. The van der Waals surface area contributed by atoms with Gasteiger partial charge in [0, 0.05) is 11.6 Å². The molecule has 14 heavy (non-hydrogen) atoms. The van der Waals surface area contributed by atoms with E-state index in [2.05, 4.69) is 6.92 Å². The summed E-state index contributed by atoms with van der Waals surface area (Å²) in [7, 11) is 0. The van der Waals surface area contributed by atoms with Crippen molar-refractivity contribution in [3.63, 3.8) is 0 Å². The molecular weight excluding hydrogens is 174 g/mol. The molecule has 0 aliphatic carbocycles. The summed E-state index contributed by atoms with van der Waals surface area (Å²) in [5, 5.41) is 9.84. The number of phenolic OH excluding ortho intramolecular Hbond substituents is 1. The fourth-order valence-corrected chi connectivity index (χ4v) is 1.59. The van der Waals surface area contributed by atoms with Crippen molar-refractivity contribution >= 4 is 0 Å². The molecule has 2 heteroatoms. The Morgan fingerprint density at radius 3 is 2.50 bits per heavy atom. The van der Waals surface area contributed by atoms with Gasteiger partial charge in [-0.25, -0.2) is 0 Å². The van der Waals surface area contributed by atoms with Gasteiger partial charge in [-0.1, -0.05) is 26.0 Å². The average Bonchev–Trinajstić information content (AvgIpc) is 2.20. The minimum atomic E-state index is -0.0554. The van der Waals surface area contributed by atoms with Crippen LogP contribution in [0.1, 0.15) is 43.0 Å². The molecule has 0 heterocycles. The molecule has 0 aliphatic rings. The summed E-state index contributed by atoms with van der Waals surface area (Å²) in [5.41, 5.74) is 8.96. The van der Waals surface area contributed by atoms with Crippen molar-refractivity contribution < 1.29 is 5.11 Å². The Kier molecular flexibility index (Phi) is 3.53. The summed E-state index contributed by atoms with van der Waals surface area (Å²) < 4.78 is 0. The third kappa shape index (κ3) is 2.07. The van der Waals surface area contributed by atoms with Gasteiger partial charge in [-0.15, -0.1) is 0 Å². The van der Waals surface area contributed by atoms with E-state index in [0.717, 1.165) is 24.0 Å². The van der Waals surface area contributed by atoms with Crippen molar-refractivity contribution in [1.82, 2.24) is 0 Å². The third-order valence-corrected chi connectivity index (χ3v) is 2.64. The first-order chi connectivity index (χ1) is 6.60. The molecular formula is C12H19NO. The van der Waals surface area contributed by atoms with Gasteiger partial charge in [0.1, 0.15) is 5.75 Å². The SMILES string of the molecule is CCc1cc(C)c(O)c([C@H](N)CC)c1. The van der Waals surface area contributed by atoms with E-state index in [1.54, 1.807) is 0 Å². The molecule has 0 spiro atoms. The van der Waals surface area contributed by atoms with Crippen LogP contribution in [-0.2, 0) is 6.42 Å². The van der Waals surface area contributed by atoms with Crippen molar-refractivity contribution in [1.29, 1.82) is 0 Å². The summed E-state index contributed by atoms with van der Waals surface area (Å²) in [6.45, 7) is 6.05. The van der Waals surface area contributed by atoms with Crippen LogP contribution in [0.15, 0.2) is 12.1 Å². The lowest BCUT2D eigenvalue weighted by Gasteiger charge is -2.14. The van der Waals surface area contributed by atoms with Crippen LogP contribution < -0.4 is 5.73 Å². The molecule has 0 amide bonds. The van der Waals surface area contributed by atoms with E-state index < -0.39 is 0 Å². The van der Waals surface area contributed by atoms with Gasteiger partial charge < -0.3 is 10.8 Å². The van der Waals surface area contributed by atoms with Gasteiger partial charge >= 0.3 is 0 Å². The number of benzene rings is 1. The molecule has 1 aromatic rings. The quantitative estimate of drug-likeness (QED) is 0.775. The maximum Gasteiger partial charge on any atom is 0.123 e. The second kappa shape index (κ2) is 4.47. The first kappa shape index (κ1) is 11.1. The van der Waals surface area contributed by atoms with Crippen LogP contribution in [0.5, 0.6) is 5.75 Å². The monoisotopic (exact) mass is 193 g/mol. The number of nitrogens with two attached hydrogens (primary N) is 1. The Labute approximate surface area is 85.8 Å². The number of aromatic hydroxyl groups is 1. The third-order valence-electron chi connectivity index (χ3n) is 2.64. The molecule has 1 aromatic carbocycles. The van der Waals surface area contributed by atoms with Gasteiger partial charge in [-0.2, -0.15) is 0 Å². The summed E-state index contributed by atoms with van der Waals surface area (Å²) in [5.74, 6) is 0.358. The van der Waals surface area contributed by atoms with Crippen LogP contribution in [0.2, 0.25) is 0 Å². The van der Waals surface area contributed by atoms with Crippen LogP contribution in [-0.4, -0.2) is 5.11 Å². The van der Waals surface area contributed by atoms with E-state index in [0.29, 0.717) is 5.75 Å². The summed E-state index contributed by atoms with van der Waals surface area (Å²) >= 11 is 0. The average molecular weight is 193 g/mol. The van der Waals surface area contributed by atoms with Gasteiger partial charge in [0.05, 0.1) is 0 Å². The van der Waals surface area contributed by atoms with Crippen LogP contribution >= 0.6 is 0 Å². The van der Waals surface area contributed by atoms with E-state index in [-0.39, 0.29) is 6.04 Å². The highest BCUT2D eigenvalue weighted by Gasteiger charge is 2.11. The van der Waals surface area contributed by atoms with Gasteiger partial charge in [-0.05, 0) is 30.9 Å². The smallest absolute Gasteiger partial charge is 0.123 e. The van der Waals surface area contributed by atoms with E-state index in [1.807, 2.05) is 26.0 Å². The topological polar surface area (TPSA) is 46.2 Å². The Bertz CT molecular complexity index is 320. The molecule has 1 atom stereocenters. The molecule has 0 saturated heterocycles. The maximum atomic E-state index is 9.84. The van der Waals surface area contributed by atoms with Crippen molar-refractivity contribution in [3.8, 4) is 5.75 Å². The predicted molar refractivity (Wildman–Crippen MR) is 59.4 cm³/mol. The van der Waals surface area contributed by atoms with Crippen molar-refractivity contribution in [2.24, 2.45) is 5.73 Å². The van der Waals surface area contributed by atoms with Gasteiger partial charge in [0.2, 0.25) is 0 Å². The number of hydrogen-bond donors (Lipinski definition) is 2. The van der Waals surface area contributed by atoms with E-state index in [4.69, 9.17) is 5.73 Å². The zero-order valence-electron chi connectivity index (χ0n) is 9.17. The van der Waals surface area contributed by atoms with Crippen LogP contribution in [0.4, 0.5) is 0 Å². The Hall–Kier alpha value is -1.02. The zero-order valence-corrected chi connectivity index (χ0v) is 9.17. The van der Waals surface area contributed by atoms with Crippen molar-refractivity contribution in [2.45, 2.75) is 39.7 Å². The number of hydrogen-bond acceptors (Lipinski definition) is 2. The normalized spacial score (nSPS) is 12.9. The van der Waals surface area contributed by atoms with Gasteiger partial charge in [0.15, 0.2) is 0 Å². The largest absolute Gasteiger partial charge is 0.507 e. The highest BCUT2D eigenvalue weighted by atomic mass is 16.3. The molecule has 1 rings (SSSR count). The highest BCUT2D eigenvalue weighted by molar-refractivity contribution is 5.44. The Balaban J connectivity index is 3.20. The molecule has 0 aliphatic heterocycles. The Morgan fingerprint density at radius 2 is 2.00 bits per heavy atom. The predicted octanol–water partition coefficient (Wildman–Crippen LogP) is 2.67. The molecule has 0 fully saturated rings. The van der Waals surface area contributed by atoms with Crippen molar-refractivity contribution in [3.05, 3.63) is 28.8 Å². The van der Waals surface area contributed by atoms with E-state index >= 15 is 0 Å². The fraction of sp³-hybridized carbons (Fsp3) is 0.500. The van der Waals surface area contributed by atoms with Gasteiger partial charge in [0.25, 0.3) is 0 Å². The number of phenols is 1. The second-order valence-electron chi connectivity index (χ2n) is 3.72. The lowest BCUT2D eigenvalue weighted by molar-refractivity contribution is 0.455. The second-order valence-corrected chi connectivity index (χ2v) is 3.72. The lowest BCUT2D eigenvalue weighted by atomic mass is 9.97. The molecule has 78 valence electrons. The van der Waals surface area contributed by atoms with Crippen LogP contribution in [0, 0.1) is 6.92 Å². The molecule has 0 radical (unpaired) electrons. The Morgan fingerprint density at radius 1 is 1.36 bits per heavy atom. The van der Waals surface area contributed by atoms with Gasteiger partial charge in [-0.3, -0.25) is 0 Å². The summed E-state index contributed by atoms with van der Waals surface area (Å²) in [4.78, 5) is 0. The van der Waals surface area contributed by atoms with Crippen LogP contribution in [0.25, 0.3) is 0 Å². The van der Waals surface area contributed by atoms with E-state index in [1.165, 1.54) is 5.56 Å². The van der Waals surface area contributed by atoms with Crippen LogP contribution in [0.3, 0.4) is 0 Å².